The van der Waals surface area contributed by atoms with Crippen molar-refractivity contribution in [1.29, 1.82) is 0 Å². The highest BCUT2D eigenvalue weighted by atomic mass is 32.1. The molecule has 1 aliphatic rings. The minimum absolute atomic E-state index is 0.0109. The van der Waals surface area contributed by atoms with Crippen LogP contribution < -0.4 is 5.56 Å². The molecule has 0 saturated heterocycles. The zero-order valence-electron chi connectivity index (χ0n) is 17.2. The van der Waals surface area contributed by atoms with E-state index in [4.69, 9.17) is 4.98 Å². The number of rotatable bonds is 4. The summed E-state index contributed by atoms with van der Waals surface area (Å²) in [5, 5.41) is 9.93. The smallest absolute Gasteiger partial charge is 0.335 e. The molecule has 1 N–H and O–H groups in total. The third-order valence-electron chi connectivity index (χ3n) is 5.89. The van der Waals surface area contributed by atoms with Crippen molar-refractivity contribution in [2.45, 2.75) is 39.2 Å². The number of carbonyl (C=O) groups is 1. The molecule has 156 valence electrons. The van der Waals surface area contributed by atoms with Gasteiger partial charge < -0.3 is 5.11 Å². The molecule has 0 amide bonds. The Morgan fingerprint density at radius 1 is 1.13 bits per heavy atom. The first-order chi connectivity index (χ1) is 15.0. The Kier molecular flexibility index (Phi) is 4.94. The van der Waals surface area contributed by atoms with E-state index < -0.39 is 5.97 Å². The predicted molar refractivity (Wildman–Crippen MR) is 123 cm³/mol. The average Bonchev–Trinajstić information content (AvgIpc) is 3.14. The highest BCUT2D eigenvalue weighted by Gasteiger charge is 2.22. The van der Waals surface area contributed by atoms with Crippen molar-refractivity contribution in [2.75, 3.05) is 0 Å². The fourth-order valence-corrected chi connectivity index (χ4v) is 5.58. The van der Waals surface area contributed by atoms with Crippen LogP contribution in [-0.4, -0.2) is 20.6 Å². The van der Waals surface area contributed by atoms with Gasteiger partial charge in [0.2, 0.25) is 0 Å². The lowest BCUT2D eigenvalue weighted by molar-refractivity contribution is 0.0697. The van der Waals surface area contributed by atoms with Gasteiger partial charge in [0.25, 0.3) is 5.56 Å². The first kappa shape index (κ1) is 19.7. The molecule has 0 atom stereocenters. The van der Waals surface area contributed by atoms with Gasteiger partial charge in [0, 0.05) is 10.4 Å². The van der Waals surface area contributed by atoms with Crippen LogP contribution in [-0.2, 0) is 19.4 Å². The van der Waals surface area contributed by atoms with Gasteiger partial charge in [0.1, 0.15) is 10.7 Å². The van der Waals surface area contributed by atoms with Crippen molar-refractivity contribution in [3.63, 3.8) is 0 Å². The van der Waals surface area contributed by atoms with E-state index in [1.165, 1.54) is 10.4 Å². The van der Waals surface area contributed by atoms with Crippen molar-refractivity contribution in [3.8, 4) is 11.4 Å². The molecule has 0 saturated carbocycles. The maximum Gasteiger partial charge on any atom is 0.335 e. The minimum Gasteiger partial charge on any atom is -0.478 e. The SMILES string of the molecule is Cc1cccc(-c2nc3sc4c(c3c(=O)n2Cc2ccc(C(=O)O)cc2)CCCC4)c1. The van der Waals surface area contributed by atoms with Gasteiger partial charge in [0.15, 0.2) is 0 Å². The summed E-state index contributed by atoms with van der Waals surface area (Å²) >= 11 is 1.66. The summed E-state index contributed by atoms with van der Waals surface area (Å²) in [6.07, 6.45) is 4.22. The van der Waals surface area contributed by atoms with Crippen molar-refractivity contribution < 1.29 is 9.90 Å². The molecule has 2 aromatic heterocycles. The lowest BCUT2D eigenvalue weighted by Crippen LogP contribution is -2.24. The van der Waals surface area contributed by atoms with E-state index in [1.807, 2.05) is 31.2 Å². The van der Waals surface area contributed by atoms with Crippen LogP contribution in [0.1, 0.15) is 44.8 Å². The summed E-state index contributed by atoms with van der Waals surface area (Å²) in [7, 11) is 0. The summed E-state index contributed by atoms with van der Waals surface area (Å²) in [5.74, 6) is -0.306. The lowest BCUT2D eigenvalue weighted by atomic mass is 9.97. The van der Waals surface area contributed by atoms with Gasteiger partial charge in [0.05, 0.1) is 17.5 Å². The van der Waals surface area contributed by atoms with Crippen molar-refractivity contribution in [1.82, 2.24) is 9.55 Å². The van der Waals surface area contributed by atoms with Crippen molar-refractivity contribution in [3.05, 3.63) is 86.0 Å². The molecule has 4 aromatic rings. The van der Waals surface area contributed by atoms with Crippen LogP contribution in [0.15, 0.2) is 53.3 Å². The summed E-state index contributed by atoms with van der Waals surface area (Å²) in [5.41, 5.74) is 4.28. The first-order valence-electron chi connectivity index (χ1n) is 10.5. The Morgan fingerprint density at radius 2 is 1.90 bits per heavy atom. The Bertz CT molecular complexity index is 1370. The number of carboxylic acid groups (broad SMARTS) is 1. The second kappa shape index (κ2) is 7.78. The fourth-order valence-electron chi connectivity index (χ4n) is 4.32. The fraction of sp³-hybridized carbons (Fsp3) is 0.240. The number of aromatic carboxylic acids is 1. The third kappa shape index (κ3) is 3.57. The molecule has 0 aliphatic heterocycles. The summed E-state index contributed by atoms with van der Waals surface area (Å²) < 4.78 is 1.74. The molecule has 5 rings (SSSR count). The van der Waals surface area contributed by atoms with Gasteiger partial charge in [-0.2, -0.15) is 0 Å². The number of nitrogens with zero attached hydrogens (tertiary/aromatic N) is 2. The monoisotopic (exact) mass is 430 g/mol. The molecule has 0 fully saturated rings. The van der Waals surface area contributed by atoms with Crippen molar-refractivity contribution >= 4 is 27.5 Å². The molecule has 5 nitrogen and oxygen atoms in total. The van der Waals surface area contributed by atoms with Crippen LogP contribution in [0.2, 0.25) is 0 Å². The van der Waals surface area contributed by atoms with Crippen molar-refractivity contribution in [2.24, 2.45) is 0 Å². The summed E-state index contributed by atoms with van der Waals surface area (Å²) in [6, 6.07) is 14.7. The van der Waals surface area contributed by atoms with Gasteiger partial charge in [-0.15, -0.1) is 11.3 Å². The minimum atomic E-state index is -0.961. The molecular weight excluding hydrogens is 408 g/mol. The Morgan fingerprint density at radius 3 is 2.65 bits per heavy atom. The second-order valence-electron chi connectivity index (χ2n) is 8.09. The predicted octanol–water partition coefficient (Wildman–Crippen LogP) is 5.06. The largest absolute Gasteiger partial charge is 0.478 e. The van der Waals surface area contributed by atoms with Gasteiger partial charge in [-0.25, -0.2) is 9.78 Å². The van der Waals surface area contributed by atoms with Crippen LogP contribution in [0, 0.1) is 6.92 Å². The van der Waals surface area contributed by atoms with Gasteiger partial charge in [-0.05, 0) is 61.9 Å². The third-order valence-corrected chi connectivity index (χ3v) is 7.08. The van der Waals surface area contributed by atoms with Gasteiger partial charge >= 0.3 is 5.97 Å². The number of carboxylic acids is 1. The van der Waals surface area contributed by atoms with Crippen LogP contribution >= 0.6 is 11.3 Å². The number of thiophene rings is 1. The van der Waals surface area contributed by atoms with Crippen LogP contribution in [0.3, 0.4) is 0 Å². The molecular formula is C25H22N2O3S. The van der Waals surface area contributed by atoms with E-state index in [9.17, 15) is 14.7 Å². The Labute approximate surface area is 183 Å². The number of hydrogen-bond acceptors (Lipinski definition) is 4. The maximum absolute atomic E-state index is 13.8. The van der Waals surface area contributed by atoms with E-state index in [-0.39, 0.29) is 11.1 Å². The number of benzene rings is 2. The Hall–Kier alpha value is -3.25. The van der Waals surface area contributed by atoms with Crippen LogP contribution in [0.25, 0.3) is 21.6 Å². The lowest BCUT2D eigenvalue weighted by Gasteiger charge is -2.15. The molecule has 2 aromatic carbocycles. The van der Waals surface area contributed by atoms with E-state index in [2.05, 4.69) is 0 Å². The van der Waals surface area contributed by atoms with E-state index in [0.29, 0.717) is 12.4 Å². The first-order valence-corrected chi connectivity index (χ1v) is 11.3. The number of fused-ring (bicyclic) bond motifs is 3. The zero-order valence-corrected chi connectivity index (χ0v) is 18.0. The molecule has 2 heterocycles. The normalized spacial score (nSPS) is 13.3. The standard InChI is InChI=1S/C25H22N2O3S/c1-15-5-4-6-18(13-15)22-26-23-21(19-7-2-3-8-20(19)31-23)24(28)27(22)14-16-9-11-17(12-10-16)25(29)30/h4-6,9-13H,2-3,7-8,14H2,1H3,(H,29,30). The van der Waals surface area contributed by atoms with Gasteiger partial charge in [-0.3, -0.25) is 9.36 Å². The number of aromatic nitrogens is 2. The molecule has 0 bridgehead atoms. The molecule has 0 spiro atoms. The zero-order chi connectivity index (χ0) is 21.5. The van der Waals surface area contributed by atoms with E-state index in [1.54, 1.807) is 40.2 Å². The molecule has 6 heteroatoms. The average molecular weight is 431 g/mol. The quantitative estimate of drug-likeness (QED) is 0.491. The van der Waals surface area contributed by atoms with Crippen LogP contribution in [0.5, 0.6) is 0 Å². The summed E-state index contributed by atoms with van der Waals surface area (Å²) in [4.78, 5) is 32.0. The molecule has 0 unspecified atom stereocenters. The molecule has 31 heavy (non-hydrogen) atoms. The molecule has 1 aliphatic carbocycles. The van der Waals surface area contributed by atoms with Crippen LogP contribution in [0.4, 0.5) is 0 Å². The topological polar surface area (TPSA) is 72.2 Å². The highest BCUT2D eigenvalue weighted by Crippen LogP contribution is 2.35. The summed E-state index contributed by atoms with van der Waals surface area (Å²) in [6.45, 7) is 2.37. The van der Waals surface area contributed by atoms with E-state index >= 15 is 0 Å². The Balaban J connectivity index is 1.71. The maximum atomic E-state index is 13.8. The second-order valence-corrected chi connectivity index (χ2v) is 9.17. The number of hydrogen-bond donors (Lipinski definition) is 1. The van der Waals surface area contributed by atoms with E-state index in [0.717, 1.165) is 52.6 Å². The highest BCUT2D eigenvalue weighted by molar-refractivity contribution is 7.18. The van der Waals surface area contributed by atoms with Gasteiger partial charge in [-0.1, -0.05) is 35.9 Å². The number of aryl methyl sites for hydroxylation is 3. The molecule has 0 radical (unpaired) electrons.